The van der Waals surface area contributed by atoms with Gasteiger partial charge in [-0.3, -0.25) is 14.4 Å². The van der Waals surface area contributed by atoms with E-state index in [-0.39, 0.29) is 30.9 Å². The van der Waals surface area contributed by atoms with E-state index in [0.717, 1.165) is 12.0 Å². The number of amides is 3. The Morgan fingerprint density at radius 1 is 0.951 bits per heavy atom. The van der Waals surface area contributed by atoms with Gasteiger partial charge in [-0.2, -0.15) is 0 Å². The van der Waals surface area contributed by atoms with Crippen molar-refractivity contribution in [1.82, 2.24) is 9.80 Å². The maximum Gasteiger partial charge on any atom is 0.251 e. The zero-order valence-electron chi connectivity index (χ0n) is 23.2. The van der Waals surface area contributed by atoms with E-state index in [1.165, 1.54) is 11.8 Å². The normalized spacial score (nSPS) is 31.6. The van der Waals surface area contributed by atoms with Crippen LogP contribution in [0.3, 0.4) is 0 Å². The fourth-order valence-corrected chi connectivity index (χ4v) is 9.62. The molecule has 2 aromatic carbocycles. The van der Waals surface area contributed by atoms with Gasteiger partial charge in [0.25, 0.3) is 5.91 Å². The second kappa shape index (κ2) is 10.6. The molecule has 214 valence electrons. The number of rotatable bonds is 6. The van der Waals surface area contributed by atoms with Crippen LogP contribution in [0.1, 0.15) is 31.9 Å². The third-order valence-corrected chi connectivity index (χ3v) is 11.0. The van der Waals surface area contributed by atoms with E-state index in [1.807, 2.05) is 79.4 Å². The maximum absolute atomic E-state index is 14.8. The molecule has 6 rings (SSSR count). The van der Waals surface area contributed by atoms with Gasteiger partial charge in [-0.1, -0.05) is 85.3 Å². The van der Waals surface area contributed by atoms with Gasteiger partial charge in [0, 0.05) is 24.4 Å². The predicted octanol–water partition coefficient (Wildman–Crippen LogP) is 4.47. The molecule has 1 spiro atoms. The van der Waals surface area contributed by atoms with Crippen molar-refractivity contribution in [2.45, 2.75) is 41.8 Å². The number of para-hydroxylation sites is 1. The van der Waals surface area contributed by atoms with Gasteiger partial charge in [0.15, 0.2) is 0 Å². The molecule has 0 bridgehead atoms. The molecule has 4 aliphatic rings. The molecular weight excluding hydrogens is 558 g/mol. The highest BCUT2D eigenvalue weighted by atomic mass is 35.5. The number of anilines is 1. The van der Waals surface area contributed by atoms with Crippen LogP contribution in [0.5, 0.6) is 0 Å². The lowest BCUT2D eigenvalue weighted by Crippen LogP contribution is -2.54. The largest absolute Gasteiger partial charge is 0.394 e. The first-order valence-corrected chi connectivity index (χ1v) is 15.3. The van der Waals surface area contributed by atoms with Crippen LogP contribution in [0.25, 0.3) is 0 Å². The number of benzene rings is 2. The molecule has 0 radical (unpaired) electrons. The number of fused-ring (bicyclic) bond motifs is 2. The summed E-state index contributed by atoms with van der Waals surface area (Å²) in [6.45, 7) is 5.06. The highest BCUT2D eigenvalue weighted by molar-refractivity contribution is 8.02. The Balaban J connectivity index is 1.54. The van der Waals surface area contributed by atoms with Gasteiger partial charge in [-0.15, -0.1) is 11.8 Å². The van der Waals surface area contributed by atoms with Gasteiger partial charge in [0.1, 0.15) is 6.04 Å². The van der Waals surface area contributed by atoms with Crippen molar-refractivity contribution in [3.8, 4) is 0 Å². The molecule has 9 heteroatoms. The molecule has 6 atom stereocenters. The SMILES string of the molecule is CCCN1CC=C[C@@]2(C)S[C@]34C=CCN(c5ccccc5Cl)C(=O)C3N([C@H](CO)c3ccccc3)C(=O)[C@@H]4[C@H]2C1=O. The number of halogens is 1. The van der Waals surface area contributed by atoms with Crippen molar-refractivity contribution in [2.75, 3.05) is 31.1 Å². The highest BCUT2D eigenvalue weighted by Crippen LogP contribution is 2.66. The fourth-order valence-electron chi connectivity index (χ4n) is 7.23. The molecule has 0 aromatic heterocycles. The minimum atomic E-state index is -1.01. The van der Waals surface area contributed by atoms with Crippen LogP contribution in [0.2, 0.25) is 5.02 Å². The summed E-state index contributed by atoms with van der Waals surface area (Å²) in [5.74, 6) is -2.05. The summed E-state index contributed by atoms with van der Waals surface area (Å²) in [5, 5.41) is 11.2. The van der Waals surface area contributed by atoms with E-state index in [9.17, 15) is 19.5 Å². The number of carbonyl (C=O) groups excluding carboxylic acids is 3. The third kappa shape index (κ3) is 4.25. The molecule has 4 aliphatic heterocycles. The molecule has 4 heterocycles. The average molecular weight is 592 g/mol. The average Bonchev–Trinajstić information content (AvgIpc) is 3.24. The first kappa shape index (κ1) is 28.1. The van der Waals surface area contributed by atoms with Gasteiger partial charge in [-0.25, -0.2) is 0 Å². The lowest BCUT2D eigenvalue weighted by Gasteiger charge is -2.40. The quantitative estimate of drug-likeness (QED) is 0.501. The molecule has 2 aromatic rings. The highest BCUT2D eigenvalue weighted by Gasteiger charge is 2.74. The van der Waals surface area contributed by atoms with Crippen LogP contribution in [0.15, 0.2) is 78.9 Å². The lowest BCUT2D eigenvalue weighted by molar-refractivity contribution is -0.145. The third-order valence-electron chi connectivity index (χ3n) is 8.91. The smallest absolute Gasteiger partial charge is 0.251 e. The molecule has 1 unspecified atom stereocenters. The number of carbonyl (C=O) groups is 3. The number of likely N-dealkylation sites (tertiary alicyclic amines) is 1. The molecule has 0 aliphatic carbocycles. The number of nitrogens with zero attached hydrogens (tertiary/aromatic N) is 3. The number of aliphatic hydroxyl groups is 1. The lowest BCUT2D eigenvalue weighted by atomic mass is 9.74. The Kier molecular flexibility index (Phi) is 7.29. The number of hydrogen-bond acceptors (Lipinski definition) is 5. The number of hydrogen-bond donors (Lipinski definition) is 1. The zero-order valence-corrected chi connectivity index (χ0v) is 24.7. The van der Waals surface area contributed by atoms with Gasteiger partial charge < -0.3 is 19.8 Å². The molecule has 2 saturated heterocycles. The Morgan fingerprint density at radius 2 is 1.66 bits per heavy atom. The molecule has 1 N–H and O–H groups in total. The second-order valence-corrected chi connectivity index (χ2v) is 13.5. The molecule has 0 saturated carbocycles. The molecular formula is C32H34ClN3O4S. The monoisotopic (exact) mass is 591 g/mol. The van der Waals surface area contributed by atoms with Crippen LogP contribution in [0.4, 0.5) is 5.69 Å². The van der Waals surface area contributed by atoms with Gasteiger partial charge in [0.2, 0.25) is 11.8 Å². The van der Waals surface area contributed by atoms with Crippen LogP contribution in [-0.4, -0.2) is 74.4 Å². The van der Waals surface area contributed by atoms with Crippen LogP contribution in [0, 0.1) is 11.8 Å². The predicted molar refractivity (Wildman–Crippen MR) is 162 cm³/mol. The first-order valence-electron chi connectivity index (χ1n) is 14.2. The van der Waals surface area contributed by atoms with Crippen LogP contribution < -0.4 is 4.90 Å². The zero-order chi connectivity index (χ0) is 28.9. The molecule has 7 nitrogen and oxygen atoms in total. The minimum absolute atomic E-state index is 0.0593. The number of thioether (sulfide) groups is 1. The Morgan fingerprint density at radius 3 is 2.37 bits per heavy atom. The molecule has 41 heavy (non-hydrogen) atoms. The van der Waals surface area contributed by atoms with E-state index in [2.05, 4.69) is 6.08 Å². The van der Waals surface area contributed by atoms with Crippen molar-refractivity contribution >= 4 is 46.8 Å². The number of aliphatic hydroxyl groups excluding tert-OH is 1. The van der Waals surface area contributed by atoms with Crippen molar-refractivity contribution in [3.05, 3.63) is 89.5 Å². The van der Waals surface area contributed by atoms with Crippen molar-refractivity contribution in [1.29, 1.82) is 0 Å². The molecule has 2 fully saturated rings. The summed E-state index contributed by atoms with van der Waals surface area (Å²) in [7, 11) is 0. The van der Waals surface area contributed by atoms with E-state index < -0.39 is 33.4 Å². The Bertz CT molecular complexity index is 1430. The topological polar surface area (TPSA) is 81.2 Å². The van der Waals surface area contributed by atoms with E-state index in [4.69, 9.17) is 11.6 Å². The van der Waals surface area contributed by atoms with Crippen molar-refractivity contribution < 1.29 is 19.5 Å². The second-order valence-electron chi connectivity index (χ2n) is 11.3. The fraction of sp³-hybridized carbons (Fsp3) is 0.406. The Hall–Kier alpha value is -3.07. The minimum Gasteiger partial charge on any atom is -0.394 e. The van der Waals surface area contributed by atoms with Crippen LogP contribution >= 0.6 is 23.4 Å². The van der Waals surface area contributed by atoms with E-state index in [1.54, 1.807) is 21.9 Å². The standard InChI is InChI=1S/C32H34ClN3O4S/c1-3-17-34-18-9-15-31(2)25(28(34)38)26-29(39)36(24(20-37)21-11-5-4-6-12-21)27-30(40)35(19-10-16-32(26,27)41-31)23-14-8-7-13-22(23)33/h4-16,24-27,37H,3,17-20H2,1-2H3/t24-,25+,26+,27?,31-,32+/m1/s1. The molecule has 3 amide bonds. The summed E-state index contributed by atoms with van der Waals surface area (Å²) in [5.41, 5.74) is 1.29. The van der Waals surface area contributed by atoms with E-state index in [0.29, 0.717) is 23.8 Å². The van der Waals surface area contributed by atoms with Gasteiger partial charge in [0.05, 0.1) is 39.9 Å². The Labute approximate surface area is 249 Å². The summed E-state index contributed by atoms with van der Waals surface area (Å²) < 4.78 is -1.70. The van der Waals surface area contributed by atoms with Crippen LogP contribution in [-0.2, 0) is 14.4 Å². The van der Waals surface area contributed by atoms with Gasteiger partial charge >= 0.3 is 0 Å². The summed E-state index contributed by atoms with van der Waals surface area (Å²) in [6.07, 6.45) is 8.81. The van der Waals surface area contributed by atoms with Gasteiger partial charge in [-0.05, 0) is 31.0 Å². The maximum atomic E-state index is 14.8. The summed E-state index contributed by atoms with van der Waals surface area (Å²) in [6, 6.07) is 14.8. The van der Waals surface area contributed by atoms with Crippen molar-refractivity contribution in [3.63, 3.8) is 0 Å². The first-order chi connectivity index (χ1) is 19.8. The summed E-state index contributed by atoms with van der Waals surface area (Å²) in [4.78, 5) is 48.8. The van der Waals surface area contributed by atoms with E-state index >= 15 is 0 Å². The van der Waals surface area contributed by atoms with Crippen molar-refractivity contribution in [2.24, 2.45) is 11.8 Å². The summed E-state index contributed by atoms with van der Waals surface area (Å²) >= 11 is 8.12.